The zero-order chi connectivity index (χ0) is 19.5. The molecule has 1 atom stereocenters. The van der Waals surface area contributed by atoms with E-state index in [1.807, 2.05) is 0 Å². The summed E-state index contributed by atoms with van der Waals surface area (Å²) in [4.78, 5) is 31.4. The molecule has 0 radical (unpaired) electrons. The quantitative estimate of drug-likeness (QED) is 0.725. The number of rotatable bonds is 2. The van der Waals surface area contributed by atoms with Crippen LogP contribution in [0.15, 0.2) is 42.7 Å². The second kappa shape index (κ2) is 6.01. The SMILES string of the molecule is O=C1OC2(CCN(C(=O)[C@]3(c4ccc(Cl)cc4)C[C@H](F)C3)C2)c2ccncc21. The maximum atomic E-state index is 13.9. The van der Waals surface area contributed by atoms with Gasteiger partial charge in [0.05, 0.1) is 17.5 Å². The Morgan fingerprint density at radius 2 is 2.00 bits per heavy atom. The van der Waals surface area contributed by atoms with Crippen molar-refractivity contribution in [3.8, 4) is 0 Å². The number of pyridine rings is 1. The van der Waals surface area contributed by atoms with Gasteiger partial charge in [0, 0.05) is 35.9 Å². The third-order valence-electron chi connectivity index (χ3n) is 6.29. The lowest BCUT2D eigenvalue weighted by molar-refractivity contribution is -0.143. The molecule has 3 aliphatic rings. The number of carbonyl (C=O) groups excluding carboxylic acids is 2. The standard InChI is InChI=1S/C21H18ClFN2O3/c22-14-3-1-13(2-4-14)20(9-15(23)10-20)19(27)25-8-6-21(12-25)17-5-7-24-11-16(17)18(26)28-21/h1-5,7,11,15H,6,8-10,12H2/t15-,20+,21?. The van der Waals surface area contributed by atoms with Gasteiger partial charge in [0.15, 0.2) is 5.60 Å². The Hall–Kier alpha value is -2.47. The van der Waals surface area contributed by atoms with Gasteiger partial charge in [0.25, 0.3) is 0 Å². The number of ether oxygens (including phenoxy) is 1. The van der Waals surface area contributed by atoms with Crippen LogP contribution >= 0.6 is 11.6 Å². The maximum Gasteiger partial charge on any atom is 0.341 e. The predicted molar refractivity (Wildman–Crippen MR) is 99.8 cm³/mol. The third kappa shape index (κ3) is 2.40. The largest absolute Gasteiger partial charge is 0.449 e. The minimum absolute atomic E-state index is 0.112. The fraction of sp³-hybridized carbons (Fsp3) is 0.381. The molecule has 1 saturated carbocycles. The predicted octanol–water partition coefficient (Wildman–Crippen LogP) is 3.40. The molecule has 1 aromatic carbocycles. The van der Waals surface area contributed by atoms with E-state index in [4.69, 9.17) is 16.3 Å². The Kier molecular flexibility index (Phi) is 3.78. The maximum absolute atomic E-state index is 13.9. The Labute approximate surface area is 166 Å². The molecule has 28 heavy (non-hydrogen) atoms. The van der Waals surface area contributed by atoms with E-state index in [2.05, 4.69) is 4.98 Å². The lowest BCUT2D eigenvalue weighted by Gasteiger charge is -2.45. The number of likely N-dealkylation sites (tertiary alicyclic amines) is 1. The number of hydrogen-bond acceptors (Lipinski definition) is 4. The molecule has 1 aromatic heterocycles. The van der Waals surface area contributed by atoms with Crippen molar-refractivity contribution in [1.29, 1.82) is 0 Å². The van der Waals surface area contributed by atoms with Gasteiger partial charge in [-0.15, -0.1) is 0 Å². The van der Waals surface area contributed by atoms with Gasteiger partial charge >= 0.3 is 5.97 Å². The molecule has 5 rings (SSSR count). The summed E-state index contributed by atoms with van der Waals surface area (Å²) in [6, 6.07) is 8.84. The van der Waals surface area contributed by atoms with Crippen molar-refractivity contribution in [1.82, 2.24) is 9.88 Å². The van der Waals surface area contributed by atoms with E-state index in [0.29, 0.717) is 23.6 Å². The van der Waals surface area contributed by atoms with Crippen molar-refractivity contribution in [2.24, 2.45) is 0 Å². The molecule has 1 aliphatic carbocycles. The van der Waals surface area contributed by atoms with Crippen molar-refractivity contribution in [2.45, 2.75) is 36.5 Å². The van der Waals surface area contributed by atoms with Gasteiger partial charge < -0.3 is 9.64 Å². The number of fused-ring (bicyclic) bond motifs is 2. The highest BCUT2D eigenvalue weighted by atomic mass is 35.5. The Morgan fingerprint density at radius 3 is 2.71 bits per heavy atom. The molecule has 2 aliphatic heterocycles. The van der Waals surface area contributed by atoms with Crippen molar-refractivity contribution in [3.05, 3.63) is 64.4 Å². The summed E-state index contributed by atoms with van der Waals surface area (Å²) in [5.74, 6) is -0.517. The van der Waals surface area contributed by atoms with Gasteiger partial charge in [-0.25, -0.2) is 9.18 Å². The van der Waals surface area contributed by atoms with Crippen LogP contribution < -0.4 is 0 Å². The van der Waals surface area contributed by atoms with Crippen LogP contribution in [0, 0.1) is 0 Å². The monoisotopic (exact) mass is 400 g/mol. The van der Waals surface area contributed by atoms with Crippen LogP contribution in [0.2, 0.25) is 5.02 Å². The van der Waals surface area contributed by atoms with E-state index in [0.717, 1.165) is 11.1 Å². The first kappa shape index (κ1) is 17.6. The van der Waals surface area contributed by atoms with Crippen LogP contribution in [0.5, 0.6) is 0 Å². The topological polar surface area (TPSA) is 59.5 Å². The first-order chi connectivity index (χ1) is 13.4. The highest BCUT2D eigenvalue weighted by molar-refractivity contribution is 6.30. The van der Waals surface area contributed by atoms with Gasteiger partial charge in [-0.05, 0) is 36.6 Å². The summed E-state index contributed by atoms with van der Waals surface area (Å²) in [5.41, 5.74) is 0.311. The molecule has 1 spiro atoms. The van der Waals surface area contributed by atoms with Crippen molar-refractivity contribution in [3.63, 3.8) is 0 Å². The summed E-state index contributed by atoms with van der Waals surface area (Å²) in [6.07, 6.45) is 2.99. The first-order valence-electron chi connectivity index (χ1n) is 9.31. The summed E-state index contributed by atoms with van der Waals surface area (Å²) in [6.45, 7) is 0.737. The molecule has 3 heterocycles. The van der Waals surface area contributed by atoms with Crippen LogP contribution in [-0.4, -0.2) is 41.0 Å². The van der Waals surface area contributed by atoms with E-state index in [1.54, 1.807) is 41.4 Å². The highest BCUT2D eigenvalue weighted by Crippen LogP contribution is 2.50. The Bertz CT molecular complexity index is 974. The minimum Gasteiger partial charge on any atom is -0.449 e. The average Bonchev–Trinajstić information content (AvgIpc) is 3.22. The number of carbonyl (C=O) groups is 2. The van der Waals surface area contributed by atoms with Crippen LogP contribution in [0.4, 0.5) is 4.39 Å². The van der Waals surface area contributed by atoms with Gasteiger partial charge in [-0.2, -0.15) is 0 Å². The summed E-state index contributed by atoms with van der Waals surface area (Å²) >= 11 is 5.98. The van der Waals surface area contributed by atoms with E-state index in [-0.39, 0.29) is 25.3 Å². The van der Waals surface area contributed by atoms with Crippen LogP contribution in [-0.2, 0) is 20.5 Å². The van der Waals surface area contributed by atoms with Crippen molar-refractivity contribution in [2.75, 3.05) is 13.1 Å². The van der Waals surface area contributed by atoms with Gasteiger partial charge in [0.2, 0.25) is 5.91 Å². The molecule has 2 aromatic rings. The van der Waals surface area contributed by atoms with E-state index < -0.39 is 23.2 Å². The van der Waals surface area contributed by atoms with Gasteiger partial charge in [-0.3, -0.25) is 9.78 Å². The molecule has 7 heteroatoms. The Morgan fingerprint density at radius 1 is 1.25 bits per heavy atom. The molecular formula is C21H18ClFN2O3. The Balaban J connectivity index is 1.45. The lowest BCUT2D eigenvalue weighted by atomic mass is 9.62. The highest BCUT2D eigenvalue weighted by Gasteiger charge is 2.57. The number of halogens is 2. The van der Waals surface area contributed by atoms with Crippen LogP contribution in [0.25, 0.3) is 0 Å². The van der Waals surface area contributed by atoms with E-state index in [9.17, 15) is 14.0 Å². The molecule has 2 fully saturated rings. The number of nitrogens with zero attached hydrogens (tertiary/aromatic N) is 2. The number of amides is 1. The van der Waals surface area contributed by atoms with Crippen molar-refractivity contribution >= 4 is 23.5 Å². The second-order valence-electron chi connectivity index (χ2n) is 7.88. The first-order valence-corrected chi connectivity index (χ1v) is 9.69. The fourth-order valence-electron chi connectivity index (χ4n) is 4.80. The smallest absolute Gasteiger partial charge is 0.341 e. The number of alkyl halides is 1. The molecular weight excluding hydrogens is 383 g/mol. The van der Waals surface area contributed by atoms with Gasteiger partial charge in [0.1, 0.15) is 6.17 Å². The fourth-order valence-corrected chi connectivity index (χ4v) is 4.93. The van der Waals surface area contributed by atoms with Gasteiger partial charge in [-0.1, -0.05) is 23.7 Å². The molecule has 144 valence electrons. The summed E-state index contributed by atoms with van der Waals surface area (Å²) < 4.78 is 19.6. The molecule has 1 saturated heterocycles. The van der Waals surface area contributed by atoms with Crippen LogP contribution in [0.3, 0.4) is 0 Å². The summed E-state index contributed by atoms with van der Waals surface area (Å²) in [5, 5.41) is 0.575. The minimum atomic E-state index is -0.993. The van der Waals surface area contributed by atoms with Crippen molar-refractivity contribution < 1.29 is 18.7 Å². The number of aromatic nitrogens is 1. The molecule has 0 bridgehead atoms. The molecule has 5 nitrogen and oxygen atoms in total. The zero-order valence-corrected chi connectivity index (χ0v) is 15.8. The second-order valence-corrected chi connectivity index (χ2v) is 8.31. The lowest BCUT2D eigenvalue weighted by Crippen LogP contribution is -2.55. The molecule has 1 amide bonds. The molecule has 0 N–H and O–H groups in total. The zero-order valence-electron chi connectivity index (χ0n) is 15.0. The number of hydrogen-bond donors (Lipinski definition) is 0. The van der Waals surface area contributed by atoms with Crippen LogP contribution in [0.1, 0.15) is 40.7 Å². The van der Waals surface area contributed by atoms with E-state index >= 15 is 0 Å². The third-order valence-corrected chi connectivity index (χ3v) is 6.54. The number of esters is 1. The molecule has 1 unspecified atom stereocenters. The average molecular weight is 401 g/mol. The summed E-state index contributed by atoms with van der Waals surface area (Å²) in [7, 11) is 0. The van der Waals surface area contributed by atoms with E-state index in [1.165, 1.54) is 6.20 Å². The number of benzene rings is 1. The normalized spacial score (nSPS) is 30.9.